The summed E-state index contributed by atoms with van der Waals surface area (Å²) < 4.78 is 28.4. The van der Waals surface area contributed by atoms with Crippen LogP contribution in [-0.4, -0.2) is 28.7 Å². The summed E-state index contributed by atoms with van der Waals surface area (Å²) in [6.45, 7) is 2.12. The second-order valence-electron chi connectivity index (χ2n) is 3.34. The fraction of sp³-hybridized carbons (Fsp3) is 0.400. The number of benzene rings is 1. The summed E-state index contributed by atoms with van der Waals surface area (Å²) in [7, 11) is -2.21. The lowest BCUT2D eigenvalue weighted by molar-refractivity contribution is 0.0438. The van der Waals surface area contributed by atoms with E-state index in [1.807, 2.05) is 4.89 Å². The number of rotatable bonds is 6. The summed E-state index contributed by atoms with van der Waals surface area (Å²) in [5, 5.41) is 0.355. The zero-order valence-corrected chi connectivity index (χ0v) is 11.1. The van der Waals surface area contributed by atoms with Crippen LogP contribution in [0.25, 0.3) is 0 Å². The Balaban J connectivity index is 2.79. The Kier molecular flexibility index (Phi) is 5.35. The van der Waals surface area contributed by atoms with Gasteiger partial charge in [-0.05, 0) is 24.6 Å². The van der Waals surface area contributed by atoms with Gasteiger partial charge in [-0.2, -0.15) is 0 Å². The zero-order chi connectivity index (χ0) is 12.9. The van der Waals surface area contributed by atoms with Gasteiger partial charge in [-0.1, -0.05) is 22.6 Å². The largest absolute Gasteiger partial charge is 0.382 e. The Morgan fingerprint density at radius 2 is 2.06 bits per heavy atom. The molecule has 0 amide bonds. The Hall–Kier alpha value is -0.660. The molecule has 96 valence electrons. The molecule has 5 nitrogen and oxygen atoms in total. The van der Waals surface area contributed by atoms with E-state index in [0.29, 0.717) is 17.2 Å². The van der Waals surface area contributed by atoms with Crippen molar-refractivity contribution in [2.75, 3.05) is 20.3 Å². The Bertz CT molecular complexity index is 475. The van der Waals surface area contributed by atoms with E-state index in [9.17, 15) is 8.42 Å². The molecule has 17 heavy (non-hydrogen) atoms. The predicted molar refractivity (Wildman–Crippen MR) is 64.3 cm³/mol. The summed E-state index contributed by atoms with van der Waals surface area (Å²) >= 11 is 5.75. The van der Waals surface area contributed by atoms with Crippen LogP contribution in [0.2, 0.25) is 5.02 Å². The molecule has 0 aliphatic carbocycles. The Morgan fingerprint density at radius 1 is 1.35 bits per heavy atom. The Morgan fingerprint density at radius 3 is 2.71 bits per heavy atom. The lowest BCUT2D eigenvalue weighted by Crippen LogP contribution is -2.26. The second kappa shape index (κ2) is 6.32. The third-order valence-electron chi connectivity index (χ3n) is 2.00. The van der Waals surface area contributed by atoms with Crippen molar-refractivity contribution in [2.45, 2.75) is 11.8 Å². The molecule has 0 heterocycles. The second-order valence-corrected chi connectivity index (χ2v) is 5.39. The van der Waals surface area contributed by atoms with Gasteiger partial charge in [0.15, 0.2) is 0 Å². The van der Waals surface area contributed by atoms with E-state index in [0.717, 1.165) is 0 Å². The smallest absolute Gasteiger partial charge is 0.262 e. The zero-order valence-electron chi connectivity index (χ0n) is 9.57. The molecule has 0 bridgehead atoms. The first-order valence-electron chi connectivity index (χ1n) is 4.86. The van der Waals surface area contributed by atoms with Crippen LogP contribution >= 0.6 is 11.6 Å². The highest BCUT2D eigenvalue weighted by Gasteiger charge is 2.17. The van der Waals surface area contributed by atoms with Gasteiger partial charge < -0.3 is 4.74 Å². The van der Waals surface area contributed by atoms with Crippen molar-refractivity contribution < 1.29 is 18.0 Å². The van der Waals surface area contributed by atoms with E-state index in [2.05, 4.69) is 0 Å². The lowest BCUT2D eigenvalue weighted by Gasteiger charge is -2.09. The summed E-state index contributed by atoms with van der Waals surface area (Å²) in [6, 6.07) is 4.63. The van der Waals surface area contributed by atoms with Gasteiger partial charge in [-0.15, -0.1) is 0 Å². The normalized spacial score (nSPS) is 11.7. The number of halogens is 1. The van der Waals surface area contributed by atoms with Crippen molar-refractivity contribution in [1.29, 1.82) is 0 Å². The molecule has 0 fully saturated rings. The summed E-state index contributed by atoms with van der Waals surface area (Å²) in [5.41, 5.74) is 0.595. The van der Waals surface area contributed by atoms with Crippen LogP contribution in [0.15, 0.2) is 23.1 Å². The highest BCUT2D eigenvalue weighted by Crippen LogP contribution is 2.19. The first-order chi connectivity index (χ1) is 7.97. The topological polar surface area (TPSA) is 64.6 Å². The van der Waals surface area contributed by atoms with E-state index in [4.69, 9.17) is 21.2 Å². The van der Waals surface area contributed by atoms with E-state index < -0.39 is 10.0 Å². The van der Waals surface area contributed by atoms with Gasteiger partial charge in [0.25, 0.3) is 10.0 Å². The van der Waals surface area contributed by atoms with Crippen LogP contribution in [-0.2, 0) is 19.6 Å². The van der Waals surface area contributed by atoms with Crippen molar-refractivity contribution in [3.63, 3.8) is 0 Å². The maximum atomic E-state index is 11.8. The maximum absolute atomic E-state index is 11.8. The molecule has 0 aromatic heterocycles. The fourth-order valence-corrected chi connectivity index (χ4v) is 2.49. The fourth-order valence-electron chi connectivity index (χ4n) is 1.15. The number of aryl methyl sites for hydroxylation is 1. The third kappa shape index (κ3) is 4.25. The van der Waals surface area contributed by atoms with E-state index in [1.54, 1.807) is 19.1 Å². The molecule has 1 aromatic carbocycles. The first kappa shape index (κ1) is 14.4. The molecule has 0 spiro atoms. The van der Waals surface area contributed by atoms with Crippen molar-refractivity contribution in [3.05, 3.63) is 28.8 Å². The first-order valence-corrected chi connectivity index (χ1v) is 6.72. The molecule has 1 aromatic rings. The predicted octanol–water partition coefficient (Wildman–Crippen LogP) is 1.50. The minimum atomic E-state index is -3.71. The summed E-state index contributed by atoms with van der Waals surface area (Å²) in [5.74, 6) is 0. The molecule has 1 N–H and O–H groups in total. The van der Waals surface area contributed by atoms with Gasteiger partial charge in [0.05, 0.1) is 18.1 Å². The number of methoxy groups -OCH3 is 1. The number of ether oxygens (including phenoxy) is 1. The molecular weight excluding hydrogens is 266 g/mol. The molecule has 1 rings (SSSR count). The van der Waals surface area contributed by atoms with Gasteiger partial charge in [-0.25, -0.2) is 8.42 Å². The molecule has 0 saturated carbocycles. The number of sulfonamides is 1. The standard InChI is InChI=1S/C10H14ClNO4S/c1-8-3-4-9(11)7-10(8)17(13,14)12-16-6-5-15-2/h3-4,7,12H,5-6H2,1-2H3. The highest BCUT2D eigenvalue weighted by atomic mass is 35.5. The van der Waals surface area contributed by atoms with E-state index in [1.165, 1.54) is 13.2 Å². The van der Waals surface area contributed by atoms with Crippen LogP contribution in [0.1, 0.15) is 5.56 Å². The number of hydrogen-bond donors (Lipinski definition) is 1. The van der Waals surface area contributed by atoms with Gasteiger partial charge in [0.2, 0.25) is 0 Å². The SMILES string of the molecule is COCCONS(=O)(=O)c1cc(Cl)ccc1C. The Labute approximate surface area is 106 Å². The summed E-state index contributed by atoms with van der Waals surface area (Å²) in [6.07, 6.45) is 0. The average molecular weight is 280 g/mol. The van der Waals surface area contributed by atoms with Gasteiger partial charge >= 0.3 is 0 Å². The molecular formula is C10H14ClNO4S. The molecule has 0 saturated heterocycles. The minimum absolute atomic E-state index is 0.0995. The quantitative estimate of drug-likeness (QED) is 0.633. The minimum Gasteiger partial charge on any atom is -0.382 e. The van der Waals surface area contributed by atoms with Gasteiger partial charge in [0, 0.05) is 12.1 Å². The molecule has 7 heteroatoms. The van der Waals surface area contributed by atoms with Crippen LogP contribution < -0.4 is 4.89 Å². The van der Waals surface area contributed by atoms with Crippen molar-refractivity contribution >= 4 is 21.6 Å². The van der Waals surface area contributed by atoms with Crippen molar-refractivity contribution in [2.24, 2.45) is 0 Å². The average Bonchev–Trinajstić information content (AvgIpc) is 2.28. The van der Waals surface area contributed by atoms with Gasteiger partial charge in [0.1, 0.15) is 0 Å². The van der Waals surface area contributed by atoms with Gasteiger partial charge in [-0.3, -0.25) is 4.84 Å². The molecule has 0 aliphatic rings. The van der Waals surface area contributed by atoms with Crippen molar-refractivity contribution in [3.8, 4) is 0 Å². The van der Waals surface area contributed by atoms with E-state index >= 15 is 0 Å². The van der Waals surface area contributed by atoms with Crippen LogP contribution in [0.5, 0.6) is 0 Å². The molecule has 0 aliphatic heterocycles. The molecule has 0 atom stereocenters. The van der Waals surface area contributed by atoms with Crippen LogP contribution in [0, 0.1) is 6.92 Å². The third-order valence-corrected chi connectivity index (χ3v) is 3.59. The van der Waals surface area contributed by atoms with E-state index in [-0.39, 0.29) is 11.5 Å². The van der Waals surface area contributed by atoms with Crippen molar-refractivity contribution in [1.82, 2.24) is 4.89 Å². The monoisotopic (exact) mass is 279 g/mol. The highest BCUT2D eigenvalue weighted by molar-refractivity contribution is 7.89. The van der Waals surface area contributed by atoms with Crippen LogP contribution in [0.3, 0.4) is 0 Å². The molecule has 0 radical (unpaired) electrons. The maximum Gasteiger partial charge on any atom is 0.262 e. The number of nitrogens with one attached hydrogen (secondary N) is 1. The molecule has 0 unspecified atom stereocenters. The lowest BCUT2D eigenvalue weighted by atomic mass is 10.2. The number of hydrogen-bond acceptors (Lipinski definition) is 4. The van der Waals surface area contributed by atoms with Crippen LogP contribution in [0.4, 0.5) is 0 Å². The summed E-state index contributed by atoms with van der Waals surface area (Å²) in [4.78, 5) is 6.89.